The van der Waals surface area contributed by atoms with Gasteiger partial charge in [-0.25, -0.2) is 0 Å². The number of nitrogens with zero attached hydrogens (tertiary/aromatic N) is 2. The van der Waals surface area contributed by atoms with Crippen molar-refractivity contribution in [3.8, 4) is 0 Å². The van der Waals surface area contributed by atoms with E-state index in [0.29, 0.717) is 27.6 Å². The molecular weight excluding hydrogens is 601 g/mol. The minimum atomic E-state index is -0.957. The quantitative estimate of drug-likeness (QED) is 0.145. The lowest BCUT2D eigenvalue weighted by Gasteiger charge is -2.29. The van der Waals surface area contributed by atoms with Crippen LogP contribution in [-0.4, -0.2) is 54.6 Å². The lowest BCUT2D eigenvalue weighted by molar-refractivity contribution is -0.147. The van der Waals surface area contributed by atoms with Crippen LogP contribution in [0.3, 0.4) is 0 Å². The highest BCUT2D eigenvalue weighted by Gasteiger charge is 2.42. The molecule has 1 saturated heterocycles. The van der Waals surface area contributed by atoms with Crippen LogP contribution in [0, 0.1) is 5.41 Å². The molecule has 10 heteroatoms. The molecule has 2 atom stereocenters. The number of benzene rings is 2. The number of carboxylic acids is 2. The lowest BCUT2D eigenvalue weighted by atomic mass is 9.85. The van der Waals surface area contributed by atoms with E-state index in [2.05, 4.69) is 55.1 Å². The molecule has 7 nitrogen and oxygen atoms in total. The van der Waals surface area contributed by atoms with Crippen LogP contribution < -0.4 is 4.90 Å². The Kier molecular flexibility index (Phi) is 9.03. The van der Waals surface area contributed by atoms with Crippen molar-refractivity contribution in [1.29, 1.82) is 0 Å². The van der Waals surface area contributed by atoms with Gasteiger partial charge in [0.15, 0.2) is 0 Å². The largest absolute Gasteiger partial charge is 0.481 e. The summed E-state index contributed by atoms with van der Waals surface area (Å²) in [6, 6.07) is 15.5. The average molecular weight is 639 g/mol. The van der Waals surface area contributed by atoms with Crippen molar-refractivity contribution in [3.63, 3.8) is 0 Å². The molecule has 0 aromatic heterocycles. The molecular formula is C33H38N2O5S3. The molecule has 2 aromatic rings. The fraction of sp³-hybridized carbons (Fsp3) is 0.455. The average Bonchev–Trinajstić information content (AvgIpc) is 3.60. The van der Waals surface area contributed by atoms with Gasteiger partial charge < -0.3 is 15.1 Å². The van der Waals surface area contributed by atoms with Gasteiger partial charge in [0.2, 0.25) is 0 Å². The second-order valence-electron chi connectivity index (χ2n) is 12.8. The fourth-order valence-electron chi connectivity index (χ4n) is 6.12. The Bertz CT molecular complexity index is 1480. The van der Waals surface area contributed by atoms with Crippen molar-refractivity contribution in [2.75, 3.05) is 11.4 Å². The molecule has 1 aliphatic carbocycles. The minimum Gasteiger partial charge on any atom is -0.481 e. The number of hydrogen-bond donors (Lipinski definition) is 2. The van der Waals surface area contributed by atoms with E-state index in [0.717, 1.165) is 30.5 Å². The molecule has 1 saturated carbocycles. The van der Waals surface area contributed by atoms with Crippen molar-refractivity contribution in [2.45, 2.75) is 87.8 Å². The summed E-state index contributed by atoms with van der Waals surface area (Å²) in [6.45, 7) is 8.01. The topological polar surface area (TPSA) is 98.2 Å². The van der Waals surface area contributed by atoms with E-state index in [1.807, 2.05) is 12.1 Å². The Morgan fingerprint density at radius 3 is 2.47 bits per heavy atom. The zero-order valence-corrected chi connectivity index (χ0v) is 27.4. The predicted molar refractivity (Wildman–Crippen MR) is 178 cm³/mol. The highest BCUT2D eigenvalue weighted by Crippen LogP contribution is 2.53. The number of hydrogen-bond acceptors (Lipinski definition) is 7. The first-order valence-corrected chi connectivity index (χ1v) is 16.7. The highest BCUT2D eigenvalue weighted by molar-refractivity contribution is 8.26. The normalized spacial score (nSPS) is 21.1. The van der Waals surface area contributed by atoms with Gasteiger partial charge in [-0.15, -0.1) is 11.8 Å². The van der Waals surface area contributed by atoms with E-state index < -0.39 is 17.4 Å². The molecule has 1 amide bonds. The molecule has 2 heterocycles. The van der Waals surface area contributed by atoms with E-state index in [1.165, 1.54) is 39.2 Å². The van der Waals surface area contributed by atoms with E-state index in [4.69, 9.17) is 17.3 Å². The van der Waals surface area contributed by atoms with Gasteiger partial charge >= 0.3 is 11.9 Å². The van der Waals surface area contributed by atoms with Crippen LogP contribution in [-0.2, 0) is 14.4 Å². The van der Waals surface area contributed by atoms with Crippen LogP contribution in [0.1, 0.15) is 83.3 Å². The second kappa shape index (κ2) is 12.3. The molecule has 0 radical (unpaired) electrons. The standard InChI is InChI=1S/C33H38N2O5S3/c1-32(2,30(39)40)15-16-33(3,4)43-22-11-9-21(10-12-22)35-25-7-5-6-23(25)24-18-20(8-13-26(24)35)19-27-29(38)34(31(41)42-27)17-14-28(36)37/h8-13,18-19,23,25H,5-7,14-17H2,1-4H3,(H,36,37)(H,39,40)/b27-19-. The first-order valence-electron chi connectivity index (χ1n) is 14.7. The number of amides is 1. The van der Waals surface area contributed by atoms with Gasteiger partial charge in [0.25, 0.3) is 5.91 Å². The number of anilines is 2. The maximum atomic E-state index is 12.9. The van der Waals surface area contributed by atoms with Gasteiger partial charge in [-0.05, 0) is 93.1 Å². The Morgan fingerprint density at radius 2 is 1.79 bits per heavy atom. The molecule has 0 spiro atoms. The zero-order chi connectivity index (χ0) is 31.1. The first kappa shape index (κ1) is 31.6. The summed E-state index contributed by atoms with van der Waals surface area (Å²) in [5.41, 5.74) is 3.89. The number of thioether (sulfide) groups is 2. The van der Waals surface area contributed by atoms with E-state index >= 15 is 0 Å². The van der Waals surface area contributed by atoms with Crippen LogP contribution in [0.2, 0.25) is 0 Å². The van der Waals surface area contributed by atoms with Crippen molar-refractivity contribution in [2.24, 2.45) is 5.41 Å². The Morgan fingerprint density at radius 1 is 1.07 bits per heavy atom. The molecule has 0 bridgehead atoms. The Balaban J connectivity index is 1.33. The maximum absolute atomic E-state index is 12.9. The van der Waals surface area contributed by atoms with Crippen molar-refractivity contribution < 1.29 is 24.6 Å². The molecule has 2 aliphatic heterocycles. The summed E-state index contributed by atoms with van der Waals surface area (Å²) in [6.07, 6.45) is 6.58. The van der Waals surface area contributed by atoms with Crippen molar-refractivity contribution >= 4 is 75.4 Å². The molecule has 2 aromatic carbocycles. The SMILES string of the molecule is CC(C)(CCC(C)(C)C(=O)O)Sc1ccc(N2c3ccc(/C=C4\SC(=S)N(CCC(=O)O)C4=O)cc3C3CCCC32)cc1. The molecule has 5 rings (SSSR count). The van der Waals surface area contributed by atoms with Gasteiger partial charge in [0, 0.05) is 39.5 Å². The van der Waals surface area contributed by atoms with Gasteiger partial charge in [-0.1, -0.05) is 50.3 Å². The number of fused-ring (bicyclic) bond motifs is 3. The van der Waals surface area contributed by atoms with Crippen LogP contribution >= 0.6 is 35.7 Å². The molecule has 2 fully saturated rings. The monoisotopic (exact) mass is 638 g/mol. The summed E-state index contributed by atoms with van der Waals surface area (Å²) in [7, 11) is 0. The summed E-state index contributed by atoms with van der Waals surface area (Å²) in [5, 5.41) is 18.5. The van der Waals surface area contributed by atoms with Gasteiger partial charge in [-0.3, -0.25) is 19.3 Å². The number of carbonyl (C=O) groups excluding carboxylic acids is 1. The minimum absolute atomic E-state index is 0.0813. The highest BCUT2D eigenvalue weighted by atomic mass is 32.2. The summed E-state index contributed by atoms with van der Waals surface area (Å²) < 4.78 is 0.307. The van der Waals surface area contributed by atoms with Crippen molar-refractivity contribution in [3.05, 3.63) is 58.5 Å². The van der Waals surface area contributed by atoms with Gasteiger partial charge in [-0.2, -0.15) is 0 Å². The smallest absolute Gasteiger partial charge is 0.309 e. The van der Waals surface area contributed by atoms with Crippen LogP contribution in [0.25, 0.3) is 6.08 Å². The van der Waals surface area contributed by atoms with Crippen LogP contribution in [0.4, 0.5) is 11.4 Å². The lowest BCUT2D eigenvalue weighted by Crippen LogP contribution is -2.30. The van der Waals surface area contributed by atoms with Crippen LogP contribution in [0.5, 0.6) is 0 Å². The second-order valence-corrected chi connectivity index (χ2v) is 16.3. The molecule has 43 heavy (non-hydrogen) atoms. The summed E-state index contributed by atoms with van der Waals surface area (Å²) in [5.74, 6) is -1.52. The Hall–Kier alpha value is -2.82. The molecule has 2 unspecified atom stereocenters. The number of rotatable bonds is 11. The van der Waals surface area contributed by atoms with Gasteiger partial charge in [0.1, 0.15) is 4.32 Å². The summed E-state index contributed by atoms with van der Waals surface area (Å²) in [4.78, 5) is 41.0. The van der Waals surface area contributed by atoms with E-state index in [9.17, 15) is 19.5 Å². The zero-order valence-electron chi connectivity index (χ0n) is 25.0. The molecule has 2 N–H and O–H groups in total. The number of carboxylic acid groups (broad SMARTS) is 2. The maximum Gasteiger partial charge on any atom is 0.309 e. The van der Waals surface area contributed by atoms with Crippen molar-refractivity contribution in [1.82, 2.24) is 4.90 Å². The third-order valence-electron chi connectivity index (χ3n) is 8.68. The molecule has 3 aliphatic rings. The third-order valence-corrected chi connectivity index (χ3v) is 11.3. The number of carbonyl (C=O) groups is 3. The summed E-state index contributed by atoms with van der Waals surface area (Å²) >= 11 is 8.37. The Labute approximate surface area is 267 Å². The van der Waals surface area contributed by atoms with Crippen LogP contribution in [0.15, 0.2) is 52.3 Å². The number of thiocarbonyl (C=S) groups is 1. The number of aliphatic carboxylic acids is 2. The predicted octanol–water partition coefficient (Wildman–Crippen LogP) is 7.91. The van der Waals surface area contributed by atoms with E-state index in [-0.39, 0.29) is 23.6 Å². The molecule has 228 valence electrons. The third kappa shape index (κ3) is 6.81. The van der Waals surface area contributed by atoms with E-state index in [1.54, 1.807) is 25.6 Å². The first-order chi connectivity index (χ1) is 20.3. The fourth-order valence-corrected chi connectivity index (χ4v) is 8.54. The van der Waals surface area contributed by atoms with Gasteiger partial charge in [0.05, 0.1) is 16.7 Å².